The quantitative estimate of drug-likeness (QED) is 0.784. The predicted molar refractivity (Wildman–Crippen MR) is 90.4 cm³/mol. The number of likely N-dealkylation sites (tertiary alicyclic amines) is 1. The number of alkyl halides is 3. The first kappa shape index (κ1) is 19.8. The van der Waals surface area contributed by atoms with Gasteiger partial charge in [0.2, 0.25) is 11.8 Å². The summed E-state index contributed by atoms with van der Waals surface area (Å²) in [7, 11) is 0. The summed E-state index contributed by atoms with van der Waals surface area (Å²) >= 11 is 0. The number of nitrogens with one attached hydrogen (secondary N) is 1. The van der Waals surface area contributed by atoms with Crippen LogP contribution in [0.5, 0.6) is 5.75 Å². The van der Waals surface area contributed by atoms with Crippen LogP contribution in [-0.2, 0) is 9.59 Å². The summed E-state index contributed by atoms with van der Waals surface area (Å²) in [5, 5.41) is 1.85. The van der Waals surface area contributed by atoms with Crippen molar-refractivity contribution in [2.45, 2.75) is 32.0 Å². The second-order valence-corrected chi connectivity index (χ2v) is 5.83. The normalized spacial score (nSPS) is 17.5. The van der Waals surface area contributed by atoms with Crippen LogP contribution in [0.2, 0.25) is 0 Å². The average Bonchev–Trinajstić information content (AvgIpc) is 3.08. The molecule has 142 valence electrons. The maximum Gasteiger partial charge on any atom is 0.405 e. The minimum atomic E-state index is -4.48. The summed E-state index contributed by atoms with van der Waals surface area (Å²) in [5.74, 6) is -0.572. The van der Waals surface area contributed by atoms with Crippen molar-refractivity contribution in [3.63, 3.8) is 0 Å². The first-order chi connectivity index (χ1) is 12.3. The minimum Gasteiger partial charge on any atom is -0.493 e. The Bertz CT molecular complexity index is 674. The number of carbonyl (C=O) groups is 2. The Balaban J connectivity index is 2.03. The zero-order valence-electron chi connectivity index (χ0n) is 14.4. The van der Waals surface area contributed by atoms with Gasteiger partial charge >= 0.3 is 6.18 Å². The molecule has 8 heteroatoms. The molecule has 1 saturated heterocycles. The fourth-order valence-corrected chi connectivity index (χ4v) is 2.77. The van der Waals surface area contributed by atoms with Gasteiger partial charge in [0.25, 0.3) is 0 Å². The van der Waals surface area contributed by atoms with Gasteiger partial charge in [-0.1, -0.05) is 18.2 Å². The van der Waals surface area contributed by atoms with Gasteiger partial charge in [0.15, 0.2) is 0 Å². The van der Waals surface area contributed by atoms with Crippen molar-refractivity contribution < 1.29 is 27.5 Å². The number of ether oxygens (including phenoxy) is 1. The Kier molecular flexibility index (Phi) is 6.65. The highest BCUT2D eigenvalue weighted by Gasteiger charge is 2.35. The van der Waals surface area contributed by atoms with Gasteiger partial charge in [0.05, 0.1) is 6.61 Å². The fourth-order valence-electron chi connectivity index (χ4n) is 2.77. The summed E-state index contributed by atoms with van der Waals surface area (Å²) < 4.78 is 42.2. The first-order valence-corrected chi connectivity index (χ1v) is 8.37. The average molecular weight is 370 g/mol. The summed E-state index contributed by atoms with van der Waals surface area (Å²) in [5.41, 5.74) is 0.708. The number of halogens is 3. The lowest BCUT2D eigenvalue weighted by atomic mass is 10.1. The Morgan fingerprint density at radius 1 is 1.35 bits per heavy atom. The van der Waals surface area contributed by atoms with Crippen LogP contribution in [0.25, 0.3) is 6.08 Å². The smallest absolute Gasteiger partial charge is 0.405 e. The van der Waals surface area contributed by atoms with Gasteiger partial charge in [-0.25, -0.2) is 0 Å². The van der Waals surface area contributed by atoms with E-state index < -0.39 is 30.6 Å². The van der Waals surface area contributed by atoms with Crippen molar-refractivity contribution in [1.82, 2.24) is 10.2 Å². The van der Waals surface area contributed by atoms with Crippen LogP contribution < -0.4 is 10.1 Å². The molecule has 0 aliphatic carbocycles. The maximum atomic E-state index is 12.4. The lowest BCUT2D eigenvalue weighted by molar-refractivity contribution is -0.143. The lowest BCUT2D eigenvalue weighted by Crippen LogP contribution is -2.47. The molecule has 0 saturated carbocycles. The van der Waals surface area contributed by atoms with Gasteiger partial charge in [0.1, 0.15) is 18.3 Å². The standard InChI is InChI=1S/C18H21F3N2O3/c1-2-26-15-8-4-3-6-13(15)9-10-16(24)23-11-5-7-14(23)17(25)22-12-18(19,20)21/h3-4,6,8-10,14H,2,5,7,11-12H2,1H3,(H,22,25). The van der Waals surface area contributed by atoms with Crippen LogP contribution in [0.3, 0.4) is 0 Å². The fraction of sp³-hybridized carbons (Fsp3) is 0.444. The molecular weight excluding hydrogens is 349 g/mol. The second-order valence-electron chi connectivity index (χ2n) is 5.83. The highest BCUT2D eigenvalue weighted by Crippen LogP contribution is 2.22. The van der Waals surface area contributed by atoms with Gasteiger partial charge in [-0.15, -0.1) is 0 Å². The van der Waals surface area contributed by atoms with Gasteiger partial charge in [0, 0.05) is 18.2 Å². The van der Waals surface area contributed by atoms with Crippen molar-refractivity contribution in [1.29, 1.82) is 0 Å². The molecule has 0 radical (unpaired) electrons. The highest BCUT2D eigenvalue weighted by atomic mass is 19.4. The minimum absolute atomic E-state index is 0.334. The Morgan fingerprint density at radius 2 is 2.08 bits per heavy atom. The number of carbonyl (C=O) groups excluding carboxylic acids is 2. The van der Waals surface area contributed by atoms with E-state index in [0.29, 0.717) is 37.3 Å². The molecular formula is C18H21F3N2O3. The van der Waals surface area contributed by atoms with Gasteiger partial charge < -0.3 is 15.0 Å². The van der Waals surface area contributed by atoms with Crippen molar-refractivity contribution in [3.05, 3.63) is 35.9 Å². The molecule has 1 atom stereocenters. The van der Waals surface area contributed by atoms with Crippen LogP contribution >= 0.6 is 0 Å². The molecule has 2 amide bonds. The highest BCUT2D eigenvalue weighted by molar-refractivity contribution is 5.96. The number of hydrogen-bond donors (Lipinski definition) is 1. The van der Waals surface area contributed by atoms with Gasteiger partial charge in [-0.3, -0.25) is 9.59 Å². The van der Waals surface area contributed by atoms with Crippen molar-refractivity contribution in [3.8, 4) is 5.75 Å². The molecule has 1 fully saturated rings. The van der Waals surface area contributed by atoms with E-state index in [1.807, 2.05) is 18.3 Å². The number of nitrogens with zero attached hydrogens (tertiary/aromatic N) is 1. The van der Waals surface area contributed by atoms with E-state index >= 15 is 0 Å². The third-order valence-corrected chi connectivity index (χ3v) is 3.93. The largest absolute Gasteiger partial charge is 0.493 e. The van der Waals surface area contributed by atoms with E-state index in [1.165, 1.54) is 11.0 Å². The number of amides is 2. The van der Waals surface area contributed by atoms with Crippen LogP contribution in [0.4, 0.5) is 13.2 Å². The maximum absolute atomic E-state index is 12.4. The van der Waals surface area contributed by atoms with Gasteiger partial charge in [-0.05, 0) is 31.9 Å². The van der Waals surface area contributed by atoms with E-state index in [4.69, 9.17) is 4.74 Å². The van der Waals surface area contributed by atoms with E-state index in [2.05, 4.69) is 0 Å². The van der Waals surface area contributed by atoms with E-state index in [0.717, 1.165) is 0 Å². The monoisotopic (exact) mass is 370 g/mol. The summed E-state index contributed by atoms with van der Waals surface area (Å²) in [6.45, 7) is 1.26. The number of benzene rings is 1. The number of rotatable bonds is 6. The Labute approximate surface area is 149 Å². The van der Waals surface area contributed by atoms with Crippen LogP contribution in [0, 0.1) is 0 Å². The van der Waals surface area contributed by atoms with E-state index in [9.17, 15) is 22.8 Å². The van der Waals surface area contributed by atoms with Crippen LogP contribution in [0.1, 0.15) is 25.3 Å². The molecule has 26 heavy (non-hydrogen) atoms. The third-order valence-electron chi connectivity index (χ3n) is 3.93. The van der Waals surface area contributed by atoms with Crippen LogP contribution in [-0.4, -0.2) is 48.6 Å². The predicted octanol–water partition coefficient (Wildman–Crippen LogP) is 2.77. The molecule has 1 aromatic carbocycles. The molecule has 1 aliphatic rings. The SMILES string of the molecule is CCOc1ccccc1C=CC(=O)N1CCCC1C(=O)NCC(F)(F)F. The lowest BCUT2D eigenvalue weighted by Gasteiger charge is -2.23. The van der Waals surface area contributed by atoms with E-state index in [1.54, 1.807) is 24.3 Å². The second kappa shape index (κ2) is 8.73. The summed E-state index contributed by atoms with van der Waals surface area (Å²) in [4.78, 5) is 25.7. The first-order valence-electron chi connectivity index (χ1n) is 8.37. The number of hydrogen-bond acceptors (Lipinski definition) is 3. The molecule has 5 nitrogen and oxygen atoms in total. The van der Waals surface area contributed by atoms with Crippen LogP contribution in [0.15, 0.2) is 30.3 Å². The molecule has 1 unspecified atom stereocenters. The molecule has 1 aliphatic heterocycles. The molecule has 0 bridgehead atoms. The van der Waals surface area contributed by atoms with Crippen molar-refractivity contribution >= 4 is 17.9 Å². The molecule has 2 rings (SSSR count). The topological polar surface area (TPSA) is 58.6 Å². The van der Waals surface area contributed by atoms with Crippen molar-refractivity contribution in [2.75, 3.05) is 19.7 Å². The summed E-state index contributed by atoms with van der Waals surface area (Å²) in [6, 6.07) is 6.29. The molecule has 1 heterocycles. The molecule has 1 N–H and O–H groups in total. The zero-order chi connectivity index (χ0) is 19.2. The molecule has 1 aromatic rings. The molecule has 0 spiro atoms. The number of para-hydroxylation sites is 1. The van der Waals surface area contributed by atoms with E-state index in [-0.39, 0.29) is 0 Å². The van der Waals surface area contributed by atoms with Gasteiger partial charge in [-0.2, -0.15) is 13.2 Å². The third kappa shape index (κ3) is 5.50. The summed E-state index contributed by atoms with van der Waals surface area (Å²) in [6.07, 6.45) is -0.673. The Hall–Kier alpha value is -2.51. The molecule has 0 aromatic heterocycles. The van der Waals surface area contributed by atoms with Crippen molar-refractivity contribution in [2.24, 2.45) is 0 Å². The Morgan fingerprint density at radius 3 is 2.77 bits per heavy atom. The zero-order valence-corrected chi connectivity index (χ0v) is 14.4.